The van der Waals surface area contributed by atoms with Gasteiger partial charge in [0.1, 0.15) is 0 Å². The van der Waals surface area contributed by atoms with E-state index in [-0.39, 0.29) is 17.1 Å². The van der Waals surface area contributed by atoms with E-state index in [1.54, 1.807) is 0 Å². The normalized spacial score (nSPS) is 4.73. The minimum Gasteiger partial charge on any atom is -0.719 e. The Hall–Kier alpha value is -0.361. The predicted octanol–water partition coefficient (Wildman–Crippen LogP) is 0.0237. The molecule has 0 aromatic rings. The van der Waals surface area contributed by atoms with Gasteiger partial charge in [0, 0.05) is 0 Å². The first-order valence-electron chi connectivity index (χ1n) is 1.89. The molecular weight excluding hydrogens is 227 g/mol. The number of nitrogens with two attached hydrogens (primary N) is 2. The van der Waals surface area contributed by atoms with Crippen LogP contribution in [-0.2, 0) is 42.3 Å². The van der Waals surface area contributed by atoms with E-state index in [0.717, 1.165) is 0 Å². The average molecular weight is 235 g/mol. The number of primary amides is 2. The van der Waals surface area contributed by atoms with Crippen LogP contribution in [0.3, 0.4) is 0 Å². The van der Waals surface area contributed by atoms with Crippen LogP contribution in [0.4, 0.5) is 9.59 Å². The van der Waals surface area contributed by atoms with Gasteiger partial charge in [-0.25, -0.2) is 0 Å². The second kappa shape index (κ2) is 22.6. The van der Waals surface area contributed by atoms with Crippen molar-refractivity contribution in [2.45, 2.75) is 0 Å². The maximum absolute atomic E-state index is 9.04. The third kappa shape index (κ3) is 4330. The molecule has 0 bridgehead atoms. The summed E-state index contributed by atoms with van der Waals surface area (Å²) in [4.78, 5) is 18.1. The van der Waals surface area contributed by atoms with Gasteiger partial charge in [-0.2, -0.15) is 0 Å². The number of carbonyl (C=O) groups excluding carboxylic acids is 2. The van der Waals surface area contributed by atoms with Crippen LogP contribution >= 0.6 is 0 Å². The summed E-state index contributed by atoms with van der Waals surface area (Å²) in [6.07, 6.45) is 0. The van der Waals surface area contributed by atoms with Gasteiger partial charge in [-0.1, -0.05) is 0 Å². The van der Waals surface area contributed by atoms with Crippen LogP contribution < -0.4 is 11.5 Å². The van der Waals surface area contributed by atoms with Crippen molar-refractivity contribution in [2.75, 3.05) is 0 Å². The zero-order chi connectivity index (χ0) is 9.15. The molecule has 0 aliphatic heterocycles. The molecule has 0 spiro atoms. The Labute approximate surface area is 87.1 Å². The molecule has 0 unspecified atom stereocenters. The molecular formula is C4H8MnN2O2S2. The molecule has 0 aromatic heterocycles. The molecule has 0 saturated carbocycles. The molecule has 4 N–H and O–H groups in total. The molecule has 65 valence electrons. The Kier molecular flexibility index (Phi) is 46.1. The molecule has 0 saturated heterocycles. The van der Waals surface area contributed by atoms with Crippen molar-refractivity contribution < 1.29 is 26.7 Å². The standard InChI is InChI=1S/C2H4.2CH3NOS.Mn/c1-2;2*2-1(3)4;/h1-2H2;2*(H3,2,3,4);/q;;;+2/p-2. The van der Waals surface area contributed by atoms with Crippen LogP contribution in [0.15, 0.2) is 13.2 Å². The molecule has 0 aliphatic rings. The maximum Gasteiger partial charge on any atom is 2.00 e. The van der Waals surface area contributed by atoms with E-state index in [9.17, 15) is 0 Å². The van der Waals surface area contributed by atoms with Gasteiger partial charge in [-0.05, 0) is 0 Å². The second-order valence-electron chi connectivity index (χ2n) is 0.638. The molecule has 0 rings (SSSR count). The van der Waals surface area contributed by atoms with Crippen molar-refractivity contribution in [1.82, 2.24) is 0 Å². The summed E-state index contributed by atoms with van der Waals surface area (Å²) in [6, 6.07) is 0. The molecule has 0 atom stereocenters. The molecule has 2 amide bonds. The van der Waals surface area contributed by atoms with Crippen molar-refractivity contribution in [2.24, 2.45) is 11.5 Å². The van der Waals surface area contributed by atoms with Crippen LogP contribution in [-0.4, -0.2) is 10.5 Å². The SMILES string of the molecule is C=C.NC(=O)[S-].NC(=O)[S-].[Mn+2]. The molecule has 0 fully saturated rings. The Balaban J connectivity index is -0.0000000339. The van der Waals surface area contributed by atoms with Gasteiger partial charge in [0.15, 0.2) is 0 Å². The Morgan fingerprint density at radius 1 is 1.00 bits per heavy atom. The van der Waals surface area contributed by atoms with E-state index in [1.807, 2.05) is 0 Å². The number of hydrogen-bond donors (Lipinski definition) is 2. The number of hydrogen-bond acceptors (Lipinski definition) is 4. The van der Waals surface area contributed by atoms with E-state index in [0.29, 0.717) is 0 Å². The fourth-order valence-corrected chi connectivity index (χ4v) is 0. The van der Waals surface area contributed by atoms with Gasteiger partial charge in [-0.3, -0.25) is 0 Å². The van der Waals surface area contributed by atoms with Crippen LogP contribution in [0, 0.1) is 0 Å². The van der Waals surface area contributed by atoms with Gasteiger partial charge in [-0.15, -0.1) is 13.2 Å². The first-order chi connectivity index (χ1) is 4.46. The van der Waals surface area contributed by atoms with Crippen LogP contribution in [0.1, 0.15) is 0 Å². The second-order valence-corrected chi connectivity index (χ2v) is 1.44. The summed E-state index contributed by atoms with van der Waals surface area (Å²) in [7, 11) is 0. The summed E-state index contributed by atoms with van der Waals surface area (Å²) in [6.45, 7) is 6.00. The van der Waals surface area contributed by atoms with Crippen molar-refractivity contribution >= 4 is 35.7 Å². The molecule has 11 heavy (non-hydrogen) atoms. The zero-order valence-corrected chi connectivity index (χ0v) is 8.39. The summed E-state index contributed by atoms with van der Waals surface area (Å²) in [5, 5.41) is -1.50. The molecule has 4 nitrogen and oxygen atoms in total. The topological polar surface area (TPSA) is 86.2 Å². The third-order valence-corrected chi connectivity index (χ3v) is 0. The van der Waals surface area contributed by atoms with E-state index < -0.39 is 10.5 Å². The molecule has 7 heteroatoms. The molecule has 0 aliphatic carbocycles. The van der Waals surface area contributed by atoms with E-state index in [2.05, 4.69) is 49.9 Å². The Morgan fingerprint density at radius 2 is 1.00 bits per heavy atom. The molecule has 0 heterocycles. The number of amides is 2. The minimum atomic E-state index is -0.750. The Morgan fingerprint density at radius 3 is 1.00 bits per heavy atom. The monoisotopic (exact) mass is 235 g/mol. The Bertz CT molecular complexity index is 92.3. The fourth-order valence-electron chi connectivity index (χ4n) is 0. The summed E-state index contributed by atoms with van der Waals surface area (Å²) >= 11 is 7.52. The third-order valence-electron chi connectivity index (χ3n) is 0. The van der Waals surface area contributed by atoms with E-state index in [1.165, 1.54) is 0 Å². The number of carbonyl (C=O) groups is 2. The molecule has 0 aromatic carbocycles. The van der Waals surface area contributed by atoms with Gasteiger partial charge >= 0.3 is 17.1 Å². The number of rotatable bonds is 0. The van der Waals surface area contributed by atoms with Crippen molar-refractivity contribution in [3.05, 3.63) is 13.2 Å². The van der Waals surface area contributed by atoms with Crippen molar-refractivity contribution in [3.63, 3.8) is 0 Å². The van der Waals surface area contributed by atoms with Gasteiger partial charge in [0.2, 0.25) is 0 Å². The first kappa shape index (κ1) is 22.4. The fraction of sp³-hybridized carbons (Fsp3) is 0. The van der Waals surface area contributed by atoms with Gasteiger partial charge < -0.3 is 46.3 Å². The summed E-state index contributed by atoms with van der Waals surface area (Å²) in [5.41, 5.74) is 8.57. The van der Waals surface area contributed by atoms with Gasteiger partial charge in [0.25, 0.3) is 0 Å². The quantitative estimate of drug-likeness (QED) is 0.352. The van der Waals surface area contributed by atoms with Crippen LogP contribution in [0.25, 0.3) is 0 Å². The van der Waals surface area contributed by atoms with E-state index in [4.69, 9.17) is 9.59 Å². The minimum absolute atomic E-state index is 0. The van der Waals surface area contributed by atoms with Crippen molar-refractivity contribution in [3.8, 4) is 0 Å². The van der Waals surface area contributed by atoms with Crippen LogP contribution in [0.2, 0.25) is 0 Å². The van der Waals surface area contributed by atoms with E-state index >= 15 is 0 Å². The zero-order valence-electron chi connectivity index (χ0n) is 5.58. The van der Waals surface area contributed by atoms with Gasteiger partial charge in [0.05, 0.1) is 10.5 Å². The van der Waals surface area contributed by atoms with Crippen LogP contribution in [0.5, 0.6) is 0 Å². The first-order valence-corrected chi connectivity index (χ1v) is 2.71. The smallest absolute Gasteiger partial charge is 0.719 e. The largest absolute Gasteiger partial charge is 2.00 e. The molecule has 1 radical (unpaired) electrons. The van der Waals surface area contributed by atoms with Crippen molar-refractivity contribution in [1.29, 1.82) is 0 Å². The summed E-state index contributed by atoms with van der Waals surface area (Å²) < 4.78 is 0. The predicted molar refractivity (Wildman–Crippen MR) is 45.2 cm³/mol. The average Bonchev–Trinajstić information content (AvgIpc) is 1.66. The maximum atomic E-state index is 9.04. The summed E-state index contributed by atoms with van der Waals surface area (Å²) in [5.74, 6) is 0.